The Kier molecular flexibility index (Phi) is 4.59. The van der Waals surface area contributed by atoms with Crippen LogP contribution in [0.1, 0.15) is 31.2 Å². The molecular weight excluding hydrogens is 296 g/mol. The van der Waals surface area contributed by atoms with Crippen LogP contribution < -0.4 is 11.1 Å². The summed E-state index contributed by atoms with van der Waals surface area (Å²) in [7, 11) is 0. The van der Waals surface area contributed by atoms with Crippen LogP contribution >= 0.6 is 11.3 Å². The molecule has 118 valence electrons. The molecule has 1 fully saturated rings. The number of hydrogen-bond acceptors (Lipinski definition) is 5. The average Bonchev–Trinajstić information content (AvgIpc) is 2.67. The summed E-state index contributed by atoms with van der Waals surface area (Å²) in [6.45, 7) is 4.52. The van der Waals surface area contributed by atoms with E-state index in [0.29, 0.717) is 11.7 Å². The minimum atomic E-state index is 0.0538. The van der Waals surface area contributed by atoms with Gasteiger partial charge in [-0.3, -0.25) is 9.69 Å². The Morgan fingerprint density at radius 1 is 1.32 bits per heavy atom. The maximum Gasteiger partial charge on any atom is 0.238 e. The normalized spacial score (nSPS) is 16.6. The highest BCUT2D eigenvalue weighted by atomic mass is 32.1. The van der Waals surface area contributed by atoms with Gasteiger partial charge in [0.1, 0.15) is 0 Å². The molecule has 3 N–H and O–H groups in total. The Bertz CT molecular complexity index is 674. The highest BCUT2D eigenvalue weighted by molar-refractivity contribution is 7.22. The first-order chi connectivity index (χ1) is 10.6. The quantitative estimate of drug-likeness (QED) is 0.912. The van der Waals surface area contributed by atoms with Crippen LogP contribution in [-0.4, -0.2) is 35.4 Å². The summed E-state index contributed by atoms with van der Waals surface area (Å²) in [5.74, 6) is 0.0538. The summed E-state index contributed by atoms with van der Waals surface area (Å²) in [4.78, 5) is 18.8. The van der Waals surface area contributed by atoms with Crippen molar-refractivity contribution in [2.24, 2.45) is 0 Å². The molecule has 2 aromatic rings. The van der Waals surface area contributed by atoms with Gasteiger partial charge in [-0.05, 0) is 50.6 Å². The van der Waals surface area contributed by atoms with Gasteiger partial charge in [0.15, 0.2) is 5.13 Å². The molecule has 1 aliphatic heterocycles. The fourth-order valence-electron chi connectivity index (χ4n) is 2.98. The Hall–Kier alpha value is -1.66. The lowest BCUT2D eigenvalue weighted by atomic mass is 10.2. The number of benzene rings is 1. The van der Waals surface area contributed by atoms with Crippen LogP contribution in [0.5, 0.6) is 0 Å². The van der Waals surface area contributed by atoms with E-state index in [-0.39, 0.29) is 5.91 Å². The van der Waals surface area contributed by atoms with Crippen LogP contribution in [0.4, 0.5) is 10.8 Å². The Morgan fingerprint density at radius 3 is 2.77 bits per heavy atom. The first-order valence-corrected chi connectivity index (χ1v) is 8.62. The number of amides is 1. The van der Waals surface area contributed by atoms with Gasteiger partial charge in [-0.1, -0.05) is 24.2 Å². The van der Waals surface area contributed by atoms with E-state index in [9.17, 15) is 4.79 Å². The fourth-order valence-corrected chi connectivity index (χ4v) is 3.84. The molecule has 3 rings (SSSR count). The van der Waals surface area contributed by atoms with Crippen LogP contribution in [0.3, 0.4) is 0 Å². The van der Waals surface area contributed by atoms with Gasteiger partial charge >= 0.3 is 0 Å². The number of aryl methyl sites for hydroxylation is 1. The zero-order valence-electron chi connectivity index (χ0n) is 12.9. The lowest BCUT2D eigenvalue weighted by Gasteiger charge is -2.19. The first-order valence-electron chi connectivity index (χ1n) is 7.81. The second-order valence-corrected chi connectivity index (χ2v) is 6.99. The molecule has 22 heavy (non-hydrogen) atoms. The highest BCUT2D eigenvalue weighted by Crippen LogP contribution is 2.29. The van der Waals surface area contributed by atoms with Crippen molar-refractivity contribution < 1.29 is 4.79 Å². The number of anilines is 2. The van der Waals surface area contributed by atoms with Crippen LogP contribution in [0.2, 0.25) is 0 Å². The zero-order valence-corrected chi connectivity index (χ0v) is 13.7. The first kappa shape index (κ1) is 15.2. The van der Waals surface area contributed by atoms with Gasteiger partial charge < -0.3 is 11.1 Å². The molecule has 0 spiro atoms. The number of nitrogens with two attached hydrogens (primary N) is 1. The summed E-state index contributed by atoms with van der Waals surface area (Å²) >= 11 is 1.45. The van der Waals surface area contributed by atoms with Crippen molar-refractivity contribution in [2.75, 3.05) is 30.7 Å². The SMILES string of the molecule is Cc1cc(NC(=O)CN2CCCCCC2)cc2sc(N)nc12. The number of thiazole rings is 1. The molecule has 0 unspecified atom stereocenters. The second kappa shape index (κ2) is 6.62. The Morgan fingerprint density at radius 2 is 2.05 bits per heavy atom. The number of nitrogens with zero attached hydrogens (tertiary/aromatic N) is 2. The highest BCUT2D eigenvalue weighted by Gasteiger charge is 2.14. The number of nitrogens with one attached hydrogen (secondary N) is 1. The van der Waals surface area contributed by atoms with Crippen molar-refractivity contribution in [3.63, 3.8) is 0 Å². The third-order valence-electron chi connectivity index (χ3n) is 4.05. The molecule has 0 atom stereocenters. The second-order valence-electron chi connectivity index (χ2n) is 5.93. The van der Waals surface area contributed by atoms with Gasteiger partial charge in [-0.15, -0.1) is 0 Å². The van der Waals surface area contributed by atoms with Gasteiger partial charge in [0.25, 0.3) is 0 Å². The van der Waals surface area contributed by atoms with Crippen molar-refractivity contribution in [3.05, 3.63) is 17.7 Å². The maximum absolute atomic E-state index is 12.3. The van der Waals surface area contributed by atoms with Crippen molar-refractivity contribution in [2.45, 2.75) is 32.6 Å². The molecule has 1 aliphatic rings. The van der Waals surface area contributed by atoms with E-state index < -0.39 is 0 Å². The molecule has 5 nitrogen and oxygen atoms in total. The monoisotopic (exact) mass is 318 g/mol. The van der Waals surface area contributed by atoms with Gasteiger partial charge in [0.2, 0.25) is 5.91 Å². The number of carbonyl (C=O) groups is 1. The molecule has 0 bridgehead atoms. The van der Waals surface area contributed by atoms with Crippen molar-refractivity contribution in [1.29, 1.82) is 0 Å². The van der Waals surface area contributed by atoms with E-state index in [4.69, 9.17) is 5.73 Å². The van der Waals surface area contributed by atoms with E-state index in [0.717, 1.165) is 34.6 Å². The summed E-state index contributed by atoms with van der Waals surface area (Å²) in [5.41, 5.74) is 8.55. The molecule has 6 heteroatoms. The predicted molar refractivity (Wildman–Crippen MR) is 92.3 cm³/mol. The van der Waals surface area contributed by atoms with Gasteiger partial charge in [0, 0.05) is 5.69 Å². The van der Waals surface area contributed by atoms with E-state index in [1.807, 2.05) is 19.1 Å². The van der Waals surface area contributed by atoms with Crippen LogP contribution in [-0.2, 0) is 4.79 Å². The molecule has 2 heterocycles. The minimum Gasteiger partial charge on any atom is -0.375 e. The van der Waals surface area contributed by atoms with Gasteiger partial charge in [-0.25, -0.2) is 4.98 Å². The van der Waals surface area contributed by atoms with E-state index >= 15 is 0 Å². The Balaban J connectivity index is 1.68. The van der Waals surface area contributed by atoms with Crippen molar-refractivity contribution in [3.8, 4) is 0 Å². The molecule has 1 aromatic carbocycles. The fraction of sp³-hybridized carbons (Fsp3) is 0.500. The maximum atomic E-state index is 12.3. The third-order valence-corrected chi connectivity index (χ3v) is 4.88. The van der Waals surface area contributed by atoms with E-state index in [1.165, 1.54) is 37.0 Å². The molecule has 0 aliphatic carbocycles. The van der Waals surface area contributed by atoms with Crippen molar-refractivity contribution in [1.82, 2.24) is 9.88 Å². The summed E-state index contributed by atoms with van der Waals surface area (Å²) < 4.78 is 1.02. The van der Waals surface area contributed by atoms with Crippen LogP contribution in [0.15, 0.2) is 12.1 Å². The molecule has 1 aromatic heterocycles. The smallest absolute Gasteiger partial charge is 0.238 e. The summed E-state index contributed by atoms with van der Waals surface area (Å²) in [5, 5.41) is 3.57. The topological polar surface area (TPSA) is 71.2 Å². The largest absolute Gasteiger partial charge is 0.375 e. The predicted octanol–water partition coefficient (Wildman–Crippen LogP) is 3.00. The lowest BCUT2D eigenvalue weighted by Crippen LogP contribution is -2.33. The van der Waals surface area contributed by atoms with E-state index in [2.05, 4.69) is 15.2 Å². The number of fused-ring (bicyclic) bond motifs is 1. The van der Waals surface area contributed by atoms with Gasteiger partial charge in [-0.2, -0.15) is 0 Å². The van der Waals surface area contributed by atoms with E-state index in [1.54, 1.807) is 0 Å². The van der Waals surface area contributed by atoms with Crippen LogP contribution in [0.25, 0.3) is 10.2 Å². The minimum absolute atomic E-state index is 0.0538. The van der Waals surface area contributed by atoms with Crippen molar-refractivity contribution >= 4 is 38.3 Å². The standard InChI is InChI=1S/C16H22N4OS/c1-11-8-12(9-13-15(11)19-16(17)22-13)18-14(21)10-20-6-4-2-3-5-7-20/h8-9H,2-7,10H2,1H3,(H2,17,19)(H,18,21). The third kappa shape index (κ3) is 3.56. The number of likely N-dealkylation sites (tertiary alicyclic amines) is 1. The summed E-state index contributed by atoms with van der Waals surface area (Å²) in [6.07, 6.45) is 4.94. The summed E-state index contributed by atoms with van der Waals surface area (Å²) in [6, 6.07) is 3.92. The molecule has 1 saturated heterocycles. The number of hydrogen-bond donors (Lipinski definition) is 2. The number of carbonyl (C=O) groups excluding carboxylic acids is 1. The number of rotatable bonds is 3. The number of aromatic nitrogens is 1. The lowest BCUT2D eigenvalue weighted by molar-refractivity contribution is -0.117. The molecule has 0 radical (unpaired) electrons. The molecule has 0 saturated carbocycles. The molecular formula is C16H22N4OS. The van der Waals surface area contributed by atoms with Gasteiger partial charge in [0.05, 0.1) is 16.8 Å². The molecule has 1 amide bonds. The average molecular weight is 318 g/mol. The zero-order chi connectivity index (χ0) is 15.5. The Labute approximate surface area is 134 Å². The van der Waals surface area contributed by atoms with Crippen LogP contribution in [0, 0.1) is 6.92 Å². The number of nitrogen functional groups attached to an aromatic ring is 1.